The van der Waals surface area contributed by atoms with E-state index in [-0.39, 0.29) is 36.7 Å². The van der Waals surface area contributed by atoms with Crippen molar-refractivity contribution in [2.45, 2.75) is 6.92 Å². The van der Waals surface area contributed by atoms with E-state index in [4.69, 9.17) is 0 Å². The predicted molar refractivity (Wildman–Crippen MR) is 117 cm³/mol. The Morgan fingerprint density at radius 1 is 1.10 bits per heavy atom. The first-order valence-corrected chi connectivity index (χ1v) is 10.1. The average molecular weight is 410 g/mol. The minimum absolute atomic E-state index is 0.149. The van der Waals surface area contributed by atoms with E-state index in [0.717, 1.165) is 28.6 Å². The first-order valence-electron chi connectivity index (χ1n) is 9.29. The van der Waals surface area contributed by atoms with Crippen molar-refractivity contribution in [3.05, 3.63) is 70.6 Å². The van der Waals surface area contributed by atoms with Crippen LogP contribution in [0, 0.1) is 6.92 Å². The van der Waals surface area contributed by atoms with Crippen molar-refractivity contribution in [3.63, 3.8) is 0 Å². The molecule has 0 aromatic heterocycles. The lowest BCUT2D eigenvalue weighted by atomic mass is 10.1. The van der Waals surface area contributed by atoms with Crippen LogP contribution in [0.3, 0.4) is 0 Å². The van der Waals surface area contributed by atoms with Crippen LogP contribution >= 0.6 is 11.8 Å². The van der Waals surface area contributed by atoms with E-state index < -0.39 is 0 Å². The number of anilines is 1. The van der Waals surface area contributed by atoms with Gasteiger partial charge >= 0.3 is 0 Å². The van der Waals surface area contributed by atoms with Gasteiger partial charge in [0.1, 0.15) is 0 Å². The molecule has 1 aliphatic heterocycles. The summed E-state index contributed by atoms with van der Waals surface area (Å²) >= 11 is 0.925. The number of carbonyl (C=O) groups is 3. The van der Waals surface area contributed by atoms with Gasteiger partial charge in [-0.05, 0) is 42.5 Å². The lowest BCUT2D eigenvalue weighted by molar-refractivity contribution is -0.124. The van der Waals surface area contributed by atoms with Crippen molar-refractivity contribution < 1.29 is 14.4 Å². The number of nitrogens with one attached hydrogen (secondary N) is 1. The van der Waals surface area contributed by atoms with Crippen LogP contribution in [0.25, 0.3) is 6.08 Å². The number of thioether (sulfide) groups is 1. The van der Waals surface area contributed by atoms with E-state index in [1.54, 1.807) is 6.08 Å². The molecule has 1 fully saturated rings. The van der Waals surface area contributed by atoms with Crippen LogP contribution in [0.1, 0.15) is 11.1 Å². The molecule has 1 saturated heterocycles. The van der Waals surface area contributed by atoms with Gasteiger partial charge in [-0.1, -0.05) is 48.0 Å². The molecule has 0 aliphatic carbocycles. The van der Waals surface area contributed by atoms with E-state index in [1.807, 2.05) is 73.5 Å². The number of nitrogens with zero attached hydrogens (tertiary/aromatic N) is 2. The Hall–Kier alpha value is -3.06. The van der Waals surface area contributed by atoms with Crippen LogP contribution in [0.5, 0.6) is 0 Å². The molecule has 0 unspecified atom stereocenters. The van der Waals surface area contributed by atoms with Crippen LogP contribution in [-0.2, 0) is 9.59 Å². The second-order valence-corrected chi connectivity index (χ2v) is 7.78. The number of para-hydroxylation sites is 1. The number of amides is 3. The Bertz CT molecular complexity index is 926. The van der Waals surface area contributed by atoms with Gasteiger partial charge in [-0.3, -0.25) is 19.3 Å². The SMILES string of the molecule is Cc1ccc(/C=C2/SC(=O)N(CCNC(=O)CN(C)c3ccccc3)C2=O)cc1. The Labute approximate surface area is 174 Å². The van der Waals surface area contributed by atoms with Gasteiger partial charge in [0.25, 0.3) is 11.1 Å². The number of hydrogen-bond donors (Lipinski definition) is 1. The van der Waals surface area contributed by atoms with Crippen LogP contribution in [0.15, 0.2) is 59.5 Å². The fourth-order valence-electron chi connectivity index (χ4n) is 2.86. The third-order valence-electron chi connectivity index (χ3n) is 4.48. The van der Waals surface area contributed by atoms with Gasteiger partial charge in [0.05, 0.1) is 11.4 Å². The highest BCUT2D eigenvalue weighted by Crippen LogP contribution is 2.31. The fourth-order valence-corrected chi connectivity index (χ4v) is 3.72. The highest BCUT2D eigenvalue weighted by molar-refractivity contribution is 8.18. The third kappa shape index (κ3) is 5.48. The van der Waals surface area contributed by atoms with Gasteiger partial charge in [0.15, 0.2) is 0 Å². The zero-order valence-electron chi connectivity index (χ0n) is 16.4. The van der Waals surface area contributed by atoms with Crippen molar-refractivity contribution >= 4 is 40.6 Å². The molecule has 2 aromatic rings. The standard InChI is InChI=1S/C22H23N3O3S/c1-16-8-10-17(11-9-16)14-19-21(27)25(22(28)29-19)13-12-23-20(26)15-24(2)18-6-4-3-5-7-18/h3-11,14H,12-13,15H2,1-2H3,(H,23,26)/b19-14+. The normalized spacial score (nSPS) is 15.1. The maximum atomic E-state index is 12.5. The van der Waals surface area contributed by atoms with E-state index in [9.17, 15) is 14.4 Å². The molecule has 2 aromatic carbocycles. The molecule has 3 amide bonds. The molecule has 0 radical (unpaired) electrons. The Morgan fingerprint density at radius 2 is 1.79 bits per heavy atom. The molecule has 1 N–H and O–H groups in total. The van der Waals surface area contributed by atoms with Crippen LogP contribution < -0.4 is 10.2 Å². The quantitative estimate of drug-likeness (QED) is 0.711. The molecule has 29 heavy (non-hydrogen) atoms. The highest BCUT2D eigenvalue weighted by atomic mass is 32.2. The maximum absolute atomic E-state index is 12.5. The second kappa shape index (κ2) is 9.43. The van der Waals surface area contributed by atoms with Crippen molar-refractivity contribution in [3.8, 4) is 0 Å². The highest BCUT2D eigenvalue weighted by Gasteiger charge is 2.34. The van der Waals surface area contributed by atoms with Gasteiger partial charge < -0.3 is 10.2 Å². The monoisotopic (exact) mass is 409 g/mol. The van der Waals surface area contributed by atoms with Crippen molar-refractivity contribution in [2.75, 3.05) is 31.6 Å². The summed E-state index contributed by atoms with van der Waals surface area (Å²) in [5.74, 6) is -0.491. The van der Waals surface area contributed by atoms with E-state index >= 15 is 0 Å². The van der Waals surface area contributed by atoms with Gasteiger partial charge in [-0.15, -0.1) is 0 Å². The summed E-state index contributed by atoms with van der Waals surface area (Å²) in [7, 11) is 1.83. The molecule has 1 heterocycles. The second-order valence-electron chi connectivity index (χ2n) is 6.79. The first-order chi connectivity index (χ1) is 13.9. The minimum Gasteiger partial charge on any atom is -0.365 e. The maximum Gasteiger partial charge on any atom is 0.293 e. The van der Waals surface area contributed by atoms with Crippen LogP contribution in [0.2, 0.25) is 0 Å². The van der Waals surface area contributed by atoms with Gasteiger partial charge in [0.2, 0.25) is 5.91 Å². The number of rotatable bonds is 7. The van der Waals surface area contributed by atoms with E-state index in [2.05, 4.69) is 5.32 Å². The number of benzene rings is 2. The van der Waals surface area contributed by atoms with Gasteiger partial charge in [0, 0.05) is 25.8 Å². The third-order valence-corrected chi connectivity index (χ3v) is 5.39. The molecule has 6 nitrogen and oxygen atoms in total. The van der Waals surface area contributed by atoms with Crippen molar-refractivity contribution in [1.82, 2.24) is 10.2 Å². The summed E-state index contributed by atoms with van der Waals surface area (Å²) in [6.07, 6.45) is 1.72. The average Bonchev–Trinajstić information content (AvgIpc) is 2.97. The number of carbonyl (C=O) groups excluding carboxylic acids is 3. The van der Waals surface area contributed by atoms with Crippen LogP contribution in [0.4, 0.5) is 10.5 Å². The molecule has 1 aliphatic rings. The number of imide groups is 1. The molecule has 7 heteroatoms. The first kappa shape index (κ1) is 20.7. The van der Waals surface area contributed by atoms with Gasteiger partial charge in [-0.25, -0.2) is 0 Å². The smallest absolute Gasteiger partial charge is 0.293 e. The summed E-state index contributed by atoms with van der Waals surface area (Å²) in [6.45, 7) is 2.55. The van der Waals surface area contributed by atoms with Gasteiger partial charge in [-0.2, -0.15) is 0 Å². The predicted octanol–water partition coefficient (Wildman–Crippen LogP) is 3.28. The molecule has 0 bridgehead atoms. The molecule has 150 valence electrons. The zero-order chi connectivity index (χ0) is 20.8. The lowest BCUT2D eigenvalue weighted by Gasteiger charge is -2.19. The number of aryl methyl sites for hydroxylation is 1. The summed E-state index contributed by atoms with van der Waals surface area (Å²) in [5.41, 5.74) is 2.94. The molecule has 0 atom stereocenters. The fraction of sp³-hybridized carbons (Fsp3) is 0.227. The summed E-state index contributed by atoms with van der Waals surface area (Å²) in [6, 6.07) is 17.3. The van der Waals surface area contributed by atoms with Crippen molar-refractivity contribution in [1.29, 1.82) is 0 Å². The lowest BCUT2D eigenvalue weighted by Crippen LogP contribution is -2.40. The van der Waals surface area contributed by atoms with Crippen molar-refractivity contribution in [2.24, 2.45) is 0 Å². The molecule has 0 spiro atoms. The summed E-state index contributed by atoms with van der Waals surface area (Å²) < 4.78 is 0. The van der Waals surface area contributed by atoms with E-state index in [1.165, 1.54) is 4.90 Å². The molecular formula is C22H23N3O3S. The largest absolute Gasteiger partial charge is 0.365 e. The Kier molecular flexibility index (Phi) is 6.72. The molecule has 0 saturated carbocycles. The zero-order valence-corrected chi connectivity index (χ0v) is 17.2. The topological polar surface area (TPSA) is 69.7 Å². The Balaban J connectivity index is 1.50. The number of likely N-dealkylation sites (N-methyl/N-ethyl adjacent to an activating group) is 1. The number of hydrogen-bond acceptors (Lipinski definition) is 5. The minimum atomic E-state index is -0.323. The van der Waals surface area contributed by atoms with Crippen LogP contribution in [-0.4, -0.2) is 48.6 Å². The van der Waals surface area contributed by atoms with E-state index in [0.29, 0.717) is 4.91 Å². The molecular weight excluding hydrogens is 386 g/mol. The molecule has 3 rings (SSSR count). The summed E-state index contributed by atoms with van der Waals surface area (Å²) in [5, 5.41) is 2.45. The summed E-state index contributed by atoms with van der Waals surface area (Å²) in [4.78, 5) is 40.2. The Morgan fingerprint density at radius 3 is 2.48 bits per heavy atom.